The minimum Gasteiger partial charge on any atom is -0.481 e. The fourth-order valence-electron chi connectivity index (χ4n) is 3.53. The molecule has 7 heteroatoms. The molecule has 0 aliphatic heterocycles. The van der Waals surface area contributed by atoms with Crippen LogP contribution in [0.3, 0.4) is 0 Å². The maximum atomic E-state index is 12.7. The summed E-state index contributed by atoms with van der Waals surface area (Å²) in [6.45, 7) is 1.64. The van der Waals surface area contributed by atoms with E-state index in [-0.39, 0.29) is 18.4 Å². The van der Waals surface area contributed by atoms with E-state index in [1.165, 1.54) is 0 Å². The van der Waals surface area contributed by atoms with Gasteiger partial charge in [0.2, 0.25) is 17.7 Å². The van der Waals surface area contributed by atoms with Gasteiger partial charge in [0.25, 0.3) is 0 Å². The number of carbonyl (C=O) groups is 1. The van der Waals surface area contributed by atoms with Crippen LogP contribution in [0.1, 0.15) is 44.2 Å². The van der Waals surface area contributed by atoms with Gasteiger partial charge in [-0.05, 0) is 37.8 Å². The Hall–Kier alpha value is -2.93. The van der Waals surface area contributed by atoms with Crippen molar-refractivity contribution in [3.63, 3.8) is 0 Å². The van der Waals surface area contributed by atoms with Crippen LogP contribution < -0.4 is 10.1 Å². The van der Waals surface area contributed by atoms with Crippen molar-refractivity contribution in [3.05, 3.63) is 48.0 Å². The molecule has 2 heterocycles. The van der Waals surface area contributed by atoms with Crippen LogP contribution in [-0.4, -0.2) is 32.7 Å². The molecule has 2 aromatic heterocycles. The number of aliphatic hydroxyl groups is 1. The van der Waals surface area contributed by atoms with Crippen LogP contribution in [0.15, 0.2) is 42.5 Å². The number of rotatable bonds is 6. The molecule has 4 rings (SSSR count). The lowest BCUT2D eigenvalue weighted by atomic mass is 9.92. The van der Waals surface area contributed by atoms with Crippen LogP contribution in [0.4, 0.5) is 5.95 Å². The molecule has 1 aliphatic carbocycles. The van der Waals surface area contributed by atoms with Crippen LogP contribution in [0.2, 0.25) is 0 Å². The predicted molar refractivity (Wildman–Crippen MR) is 106 cm³/mol. The van der Waals surface area contributed by atoms with Crippen LogP contribution in [0.5, 0.6) is 5.88 Å². The van der Waals surface area contributed by atoms with E-state index in [9.17, 15) is 9.90 Å². The van der Waals surface area contributed by atoms with Gasteiger partial charge in [-0.1, -0.05) is 30.3 Å². The monoisotopic (exact) mass is 380 g/mol. The standard InChI is InChI=1S/C21H24N4O3/c1-21(27,14-7-4-3-5-8-14)13-17(26)23-20-22-16-11-12-18(28-2)24-19(16)25(20)15-9-6-10-15/h3-5,7-8,11-12,15,27H,6,9-10,13H2,1-2H3,(H,22,23,26). The fourth-order valence-corrected chi connectivity index (χ4v) is 3.53. The van der Waals surface area contributed by atoms with Crippen molar-refractivity contribution in [2.45, 2.75) is 44.2 Å². The molecule has 7 nitrogen and oxygen atoms in total. The number of aromatic nitrogens is 3. The predicted octanol–water partition coefficient (Wildman–Crippen LogP) is 3.40. The molecule has 0 bridgehead atoms. The lowest BCUT2D eigenvalue weighted by Crippen LogP contribution is -2.30. The number of fused-ring (bicyclic) bond motifs is 1. The maximum absolute atomic E-state index is 12.7. The molecule has 1 unspecified atom stereocenters. The number of nitrogens with zero attached hydrogens (tertiary/aromatic N) is 3. The second-order valence-corrected chi connectivity index (χ2v) is 7.45. The molecule has 2 N–H and O–H groups in total. The number of nitrogens with one attached hydrogen (secondary N) is 1. The Kier molecular flexibility index (Phi) is 4.77. The van der Waals surface area contributed by atoms with E-state index in [4.69, 9.17) is 4.74 Å². The van der Waals surface area contributed by atoms with Gasteiger partial charge in [-0.15, -0.1) is 0 Å². The van der Waals surface area contributed by atoms with Crippen molar-refractivity contribution in [2.24, 2.45) is 0 Å². The molecular formula is C21H24N4O3. The van der Waals surface area contributed by atoms with Crippen LogP contribution in [0.25, 0.3) is 11.2 Å². The van der Waals surface area contributed by atoms with Crippen LogP contribution >= 0.6 is 0 Å². The van der Waals surface area contributed by atoms with Crippen molar-refractivity contribution in [1.29, 1.82) is 0 Å². The first kappa shape index (κ1) is 18.4. The summed E-state index contributed by atoms with van der Waals surface area (Å²) in [7, 11) is 1.58. The topological polar surface area (TPSA) is 89.3 Å². The fraction of sp³-hybridized carbons (Fsp3) is 0.381. The second-order valence-electron chi connectivity index (χ2n) is 7.45. The highest BCUT2D eigenvalue weighted by Gasteiger charge is 2.30. The van der Waals surface area contributed by atoms with E-state index in [0.29, 0.717) is 28.6 Å². The number of carbonyl (C=O) groups excluding carboxylic acids is 1. The van der Waals surface area contributed by atoms with Gasteiger partial charge in [-0.25, -0.2) is 4.98 Å². The van der Waals surface area contributed by atoms with E-state index in [0.717, 1.165) is 19.3 Å². The van der Waals surface area contributed by atoms with Gasteiger partial charge < -0.3 is 9.84 Å². The van der Waals surface area contributed by atoms with E-state index >= 15 is 0 Å². The van der Waals surface area contributed by atoms with Gasteiger partial charge in [0.05, 0.1) is 19.1 Å². The van der Waals surface area contributed by atoms with Gasteiger partial charge in [0, 0.05) is 12.1 Å². The lowest BCUT2D eigenvalue weighted by molar-refractivity contribution is -0.120. The Morgan fingerprint density at radius 1 is 1.25 bits per heavy atom. The van der Waals surface area contributed by atoms with E-state index in [2.05, 4.69) is 15.3 Å². The summed E-state index contributed by atoms with van der Waals surface area (Å²) < 4.78 is 7.22. The highest BCUT2D eigenvalue weighted by Crippen LogP contribution is 2.37. The van der Waals surface area contributed by atoms with Gasteiger partial charge >= 0.3 is 0 Å². The van der Waals surface area contributed by atoms with E-state index in [1.807, 2.05) is 41.0 Å². The largest absolute Gasteiger partial charge is 0.481 e. The summed E-state index contributed by atoms with van der Waals surface area (Å²) in [6.07, 6.45) is 3.12. The zero-order valence-corrected chi connectivity index (χ0v) is 16.1. The lowest BCUT2D eigenvalue weighted by Gasteiger charge is -2.29. The molecule has 1 aromatic carbocycles. The summed E-state index contributed by atoms with van der Waals surface area (Å²) in [5, 5.41) is 13.6. The first-order valence-corrected chi connectivity index (χ1v) is 9.48. The molecule has 146 valence electrons. The quantitative estimate of drug-likeness (QED) is 0.684. The third kappa shape index (κ3) is 3.45. The molecule has 1 atom stereocenters. The van der Waals surface area contributed by atoms with E-state index < -0.39 is 5.60 Å². The van der Waals surface area contributed by atoms with Crippen molar-refractivity contribution in [3.8, 4) is 5.88 Å². The summed E-state index contributed by atoms with van der Waals surface area (Å²) in [4.78, 5) is 21.8. The second kappa shape index (κ2) is 7.24. The molecule has 28 heavy (non-hydrogen) atoms. The highest BCUT2D eigenvalue weighted by molar-refractivity contribution is 5.91. The van der Waals surface area contributed by atoms with Crippen LogP contribution in [-0.2, 0) is 10.4 Å². The first-order chi connectivity index (χ1) is 13.5. The Balaban J connectivity index is 1.61. The number of amides is 1. The molecule has 0 spiro atoms. The third-order valence-electron chi connectivity index (χ3n) is 5.31. The number of methoxy groups -OCH3 is 1. The summed E-state index contributed by atoms with van der Waals surface area (Å²) in [5.41, 5.74) is 0.844. The molecule has 1 aliphatic rings. The van der Waals surface area contributed by atoms with Crippen LogP contribution in [0, 0.1) is 0 Å². The maximum Gasteiger partial charge on any atom is 0.229 e. The summed E-state index contributed by atoms with van der Waals surface area (Å²) in [5.74, 6) is 0.684. The smallest absolute Gasteiger partial charge is 0.229 e. The number of hydrogen-bond acceptors (Lipinski definition) is 5. The number of ether oxygens (including phenoxy) is 1. The minimum atomic E-state index is -1.26. The molecule has 0 radical (unpaired) electrons. The molecule has 3 aromatic rings. The van der Waals surface area contributed by atoms with Gasteiger partial charge in [0.1, 0.15) is 5.52 Å². The Bertz CT molecular complexity index is 994. The Labute approximate surface area is 163 Å². The average Bonchev–Trinajstić information content (AvgIpc) is 2.97. The molecule has 1 fully saturated rings. The zero-order valence-electron chi connectivity index (χ0n) is 16.1. The number of anilines is 1. The summed E-state index contributed by atoms with van der Waals surface area (Å²) >= 11 is 0. The Morgan fingerprint density at radius 2 is 2.00 bits per heavy atom. The highest BCUT2D eigenvalue weighted by atomic mass is 16.5. The molecule has 1 amide bonds. The van der Waals surface area contributed by atoms with Crippen molar-refractivity contribution >= 4 is 23.0 Å². The van der Waals surface area contributed by atoms with Gasteiger partial charge in [-0.2, -0.15) is 4.98 Å². The normalized spacial score (nSPS) is 16.4. The molecule has 0 saturated heterocycles. The SMILES string of the molecule is COc1ccc2nc(NC(=O)CC(C)(O)c3ccccc3)n(C3CCC3)c2n1. The van der Waals surface area contributed by atoms with Crippen molar-refractivity contribution in [2.75, 3.05) is 12.4 Å². The minimum absolute atomic E-state index is 0.0678. The van der Waals surface area contributed by atoms with Crippen molar-refractivity contribution < 1.29 is 14.6 Å². The van der Waals surface area contributed by atoms with Gasteiger partial charge in [0.15, 0.2) is 5.65 Å². The molecular weight excluding hydrogens is 356 g/mol. The number of imidazole rings is 1. The Morgan fingerprint density at radius 3 is 2.64 bits per heavy atom. The molecule has 1 saturated carbocycles. The number of hydrogen-bond donors (Lipinski definition) is 2. The first-order valence-electron chi connectivity index (χ1n) is 9.48. The number of pyridine rings is 1. The third-order valence-corrected chi connectivity index (χ3v) is 5.31. The van der Waals surface area contributed by atoms with Crippen molar-refractivity contribution in [1.82, 2.24) is 14.5 Å². The van der Waals surface area contributed by atoms with Gasteiger partial charge in [-0.3, -0.25) is 14.7 Å². The number of benzene rings is 1. The van der Waals surface area contributed by atoms with E-state index in [1.54, 1.807) is 20.1 Å². The zero-order chi connectivity index (χ0) is 19.7. The summed E-state index contributed by atoms with van der Waals surface area (Å²) in [6, 6.07) is 13.0. The average molecular weight is 380 g/mol.